The van der Waals surface area contributed by atoms with Crippen molar-refractivity contribution >= 4 is 10.2 Å². The zero-order valence-electron chi connectivity index (χ0n) is 13.0. The Hall–Kier alpha value is -0.990. The molecular weight excluding hydrogens is 290 g/mol. The molecule has 0 aromatic carbocycles. The molecule has 0 amide bonds. The maximum absolute atomic E-state index is 12.5. The molecule has 2 rings (SSSR count). The summed E-state index contributed by atoms with van der Waals surface area (Å²) in [6.07, 6.45) is 5.69. The van der Waals surface area contributed by atoms with Crippen molar-refractivity contribution in [3.05, 3.63) is 12.2 Å². The van der Waals surface area contributed by atoms with E-state index >= 15 is 0 Å². The third kappa shape index (κ3) is 4.02. The van der Waals surface area contributed by atoms with E-state index in [9.17, 15) is 8.42 Å². The molecule has 8 heteroatoms. The molecule has 1 N–H and O–H groups in total. The van der Waals surface area contributed by atoms with Gasteiger partial charge in [0.05, 0.1) is 6.04 Å². The highest BCUT2D eigenvalue weighted by Gasteiger charge is 2.27. The summed E-state index contributed by atoms with van der Waals surface area (Å²) in [6, 6.07) is -0.205. The summed E-state index contributed by atoms with van der Waals surface area (Å²) in [5.74, 6) is 0.642. The fraction of sp³-hybridized carbons (Fsp3) is 0.846. The zero-order valence-corrected chi connectivity index (χ0v) is 13.8. The Bertz CT molecular complexity index is 547. The lowest BCUT2D eigenvalue weighted by atomic mass is 10.2. The number of hydrogen-bond acceptors (Lipinski definition) is 4. The molecule has 1 aliphatic rings. The quantitative estimate of drug-likeness (QED) is 0.895. The lowest BCUT2D eigenvalue weighted by molar-refractivity contribution is 0.406. The van der Waals surface area contributed by atoms with Crippen LogP contribution in [-0.4, -0.2) is 40.6 Å². The van der Waals surface area contributed by atoms with Gasteiger partial charge in [0.15, 0.2) is 5.82 Å². The Labute approximate surface area is 126 Å². The summed E-state index contributed by atoms with van der Waals surface area (Å²) >= 11 is 0. The van der Waals surface area contributed by atoms with Crippen LogP contribution < -0.4 is 4.72 Å². The Balaban J connectivity index is 2.10. The van der Waals surface area contributed by atoms with Gasteiger partial charge in [-0.15, -0.1) is 10.2 Å². The molecule has 7 nitrogen and oxygen atoms in total. The second-order valence-corrected chi connectivity index (χ2v) is 7.55. The van der Waals surface area contributed by atoms with Crippen LogP contribution in [-0.2, 0) is 10.2 Å². The third-order valence-corrected chi connectivity index (χ3v) is 5.47. The Morgan fingerprint density at radius 3 is 2.33 bits per heavy atom. The molecule has 1 aromatic heterocycles. The van der Waals surface area contributed by atoms with E-state index in [-0.39, 0.29) is 6.04 Å². The second kappa shape index (κ2) is 6.85. The van der Waals surface area contributed by atoms with Crippen molar-refractivity contribution in [3.63, 3.8) is 0 Å². The molecule has 0 bridgehead atoms. The molecule has 0 saturated carbocycles. The first-order valence-electron chi connectivity index (χ1n) is 7.58. The fourth-order valence-electron chi connectivity index (χ4n) is 2.59. The minimum Gasteiger partial charge on any atom is -0.314 e. The van der Waals surface area contributed by atoms with Gasteiger partial charge in [0, 0.05) is 19.1 Å². The molecule has 0 aliphatic carbocycles. The molecule has 0 radical (unpaired) electrons. The van der Waals surface area contributed by atoms with Gasteiger partial charge in [-0.05, 0) is 33.6 Å². The summed E-state index contributed by atoms with van der Waals surface area (Å²) in [6.45, 7) is 7.03. The molecule has 1 aromatic rings. The topological polar surface area (TPSA) is 80.1 Å². The number of hydrogen-bond donors (Lipinski definition) is 1. The minimum absolute atomic E-state index is 0.195. The Morgan fingerprint density at radius 1 is 1.14 bits per heavy atom. The van der Waals surface area contributed by atoms with Gasteiger partial charge in [-0.25, -0.2) is 0 Å². The van der Waals surface area contributed by atoms with Crippen LogP contribution in [0.3, 0.4) is 0 Å². The standard InChI is InChI=1S/C13H25N5O2S/c1-11(2)18-10-14-15-13(18)12(3)16-21(19,20)17-8-6-4-5-7-9-17/h10-12,16H,4-9H2,1-3H3. The first-order chi connectivity index (χ1) is 9.92. The first kappa shape index (κ1) is 16.4. The fourth-order valence-corrected chi connectivity index (χ4v) is 4.03. The van der Waals surface area contributed by atoms with Gasteiger partial charge in [0.1, 0.15) is 6.33 Å². The van der Waals surface area contributed by atoms with Gasteiger partial charge in [0.2, 0.25) is 0 Å². The SMILES string of the molecule is CC(NS(=O)(=O)N1CCCCCC1)c1nncn1C(C)C. The number of rotatable bonds is 5. The van der Waals surface area contributed by atoms with Gasteiger partial charge < -0.3 is 4.57 Å². The number of aromatic nitrogens is 3. The predicted molar refractivity (Wildman–Crippen MR) is 80.9 cm³/mol. The highest BCUT2D eigenvalue weighted by Crippen LogP contribution is 2.18. The largest absolute Gasteiger partial charge is 0.314 e. The van der Waals surface area contributed by atoms with Crippen molar-refractivity contribution in [2.45, 2.75) is 58.5 Å². The summed E-state index contributed by atoms with van der Waals surface area (Å²) in [5, 5.41) is 7.94. The molecule has 1 fully saturated rings. The van der Waals surface area contributed by atoms with E-state index in [0.29, 0.717) is 18.9 Å². The van der Waals surface area contributed by atoms with E-state index in [1.807, 2.05) is 18.4 Å². The molecule has 0 spiro atoms. The van der Waals surface area contributed by atoms with Gasteiger partial charge in [0.25, 0.3) is 10.2 Å². The van der Waals surface area contributed by atoms with E-state index in [4.69, 9.17) is 0 Å². The Kier molecular flexibility index (Phi) is 5.34. The lowest BCUT2D eigenvalue weighted by Gasteiger charge is -2.23. The van der Waals surface area contributed by atoms with Crippen LogP contribution in [0.15, 0.2) is 6.33 Å². The van der Waals surface area contributed by atoms with Crippen molar-refractivity contribution in [2.75, 3.05) is 13.1 Å². The smallest absolute Gasteiger partial charge is 0.280 e. The molecule has 1 aliphatic heterocycles. The van der Waals surface area contributed by atoms with Crippen LogP contribution in [0.4, 0.5) is 0 Å². The van der Waals surface area contributed by atoms with Crippen molar-refractivity contribution in [1.29, 1.82) is 0 Å². The van der Waals surface area contributed by atoms with Crippen molar-refractivity contribution < 1.29 is 8.42 Å². The van der Waals surface area contributed by atoms with Crippen LogP contribution in [0.25, 0.3) is 0 Å². The molecule has 1 atom stereocenters. The maximum atomic E-state index is 12.5. The predicted octanol–water partition coefficient (Wildman–Crippen LogP) is 1.63. The first-order valence-corrected chi connectivity index (χ1v) is 9.02. The van der Waals surface area contributed by atoms with E-state index in [0.717, 1.165) is 25.7 Å². The highest BCUT2D eigenvalue weighted by atomic mass is 32.2. The molecule has 21 heavy (non-hydrogen) atoms. The number of nitrogens with zero attached hydrogens (tertiary/aromatic N) is 4. The monoisotopic (exact) mass is 315 g/mol. The van der Waals surface area contributed by atoms with Crippen molar-refractivity contribution in [2.24, 2.45) is 0 Å². The van der Waals surface area contributed by atoms with Crippen LogP contribution >= 0.6 is 0 Å². The van der Waals surface area contributed by atoms with Gasteiger partial charge in [-0.1, -0.05) is 12.8 Å². The molecule has 1 saturated heterocycles. The van der Waals surface area contributed by atoms with Gasteiger partial charge >= 0.3 is 0 Å². The van der Waals surface area contributed by atoms with E-state index in [1.54, 1.807) is 17.6 Å². The van der Waals surface area contributed by atoms with Crippen LogP contribution in [0.1, 0.15) is 64.4 Å². The second-order valence-electron chi connectivity index (χ2n) is 5.85. The normalized spacial score (nSPS) is 19.6. The van der Waals surface area contributed by atoms with Crippen LogP contribution in [0.2, 0.25) is 0 Å². The van der Waals surface area contributed by atoms with E-state index < -0.39 is 16.3 Å². The number of nitrogens with one attached hydrogen (secondary N) is 1. The summed E-state index contributed by atoms with van der Waals surface area (Å²) in [5.41, 5.74) is 0. The van der Waals surface area contributed by atoms with E-state index in [1.165, 1.54) is 0 Å². The molecule has 120 valence electrons. The van der Waals surface area contributed by atoms with Crippen LogP contribution in [0, 0.1) is 0 Å². The summed E-state index contributed by atoms with van der Waals surface area (Å²) < 4.78 is 31.1. The maximum Gasteiger partial charge on any atom is 0.280 e. The highest BCUT2D eigenvalue weighted by molar-refractivity contribution is 7.87. The van der Waals surface area contributed by atoms with Crippen LogP contribution in [0.5, 0.6) is 0 Å². The third-order valence-electron chi connectivity index (χ3n) is 3.78. The van der Waals surface area contributed by atoms with Gasteiger partial charge in [-0.3, -0.25) is 0 Å². The molecule has 2 heterocycles. The molecular formula is C13H25N5O2S. The average Bonchev–Trinajstić information content (AvgIpc) is 2.73. The summed E-state index contributed by atoms with van der Waals surface area (Å²) in [4.78, 5) is 0. The van der Waals surface area contributed by atoms with E-state index in [2.05, 4.69) is 14.9 Å². The van der Waals surface area contributed by atoms with Gasteiger partial charge in [-0.2, -0.15) is 17.4 Å². The van der Waals surface area contributed by atoms with Crippen molar-refractivity contribution in [1.82, 2.24) is 23.8 Å². The minimum atomic E-state index is -3.47. The zero-order chi connectivity index (χ0) is 15.5. The average molecular weight is 315 g/mol. The Morgan fingerprint density at radius 2 is 1.76 bits per heavy atom. The van der Waals surface area contributed by atoms with Crippen molar-refractivity contribution in [3.8, 4) is 0 Å². The summed E-state index contributed by atoms with van der Waals surface area (Å²) in [7, 11) is -3.47. The molecule has 1 unspecified atom stereocenters. The lowest BCUT2D eigenvalue weighted by Crippen LogP contribution is -2.42.